The summed E-state index contributed by atoms with van der Waals surface area (Å²) >= 11 is 15.3. The van der Waals surface area contributed by atoms with Gasteiger partial charge in [0.15, 0.2) is 5.13 Å². The highest BCUT2D eigenvalue weighted by Gasteiger charge is 2.18. The molecule has 0 spiro atoms. The molecular formula is C17H10Cl2N2OS2. The number of fused-ring (bicyclic) bond motifs is 2. The molecule has 7 heteroatoms. The quantitative estimate of drug-likeness (QED) is 0.429. The molecule has 2 heterocycles. The summed E-state index contributed by atoms with van der Waals surface area (Å²) < 4.78 is 1.97. The molecule has 0 aliphatic rings. The van der Waals surface area contributed by atoms with Crippen LogP contribution in [0.25, 0.3) is 20.3 Å². The summed E-state index contributed by atoms with van der Waals surface area (Å²) in [6, 6.07) is 11.5. The molecule has 0 aliphatic heterocycles. The Labute approximate surface area is 155 Å². The molecule has 24 heavy (non-hydrogen) atoms. The van der Waals surface area contributed by atoms with Crippen molar-refractivity contribution in [2.45, 2.75) is 6.92 Å². The third-order valence-electron chi connectivity index (χ3n) is 3.63. The van der Waals surface area contributed by atoms with Gasteiger partial charge >= 0.3 is 0 Å². The van der Waals surface area contributed by atoms with Gasteiger partial charge in [-0.05, 0) is 30.7 Å². The first kappa shape index (κ1) is 15.8. The highest BCUT2D eigenvalue weighted by atomic mass is 35.5. The Balaban J connectivity index is 1.69. The van der Waals surface area contributed by atoms with Gasteiger partial charge in [-0.15, -0.1) is 11.3 Å². The van der Waals surface area contributed by atoms with E-state index in [1.807, 2.05) is 43.3 Å². The number of nitrogens with one attached hydrogen (secondary N) is 1. The lowest BCUT2D eigenvalue weighted by atomic mass is 10.2. The zero-order valence-electron chi connectivity index (χ0n) is 12.4. The topological polar surface area (TPSA) is 42.0 Å². The number of hydrogen-bond donors (Lipinski definition) is 1. The normalized spacial score (nSPS) is 11.3. The molecule has 120 valence electrons. The number of aromatic nitrogens is 1. The summed E-state index contributed by atoms with van der Waals surface area (Å²) in [5.74, 6) is -0.247. The number of anilines is 1. The van der Waals surface area contributed by atoms with Crippen LogP contribution in [0.4, 0.5) is 5.13 Å². The molecule has 3 nitrogen and oxygen atoms in total. The fourth-order valence-electron chi connectivity index (χ4n) is 2.42. The van der Waals surface area contributed by atoms with Gasteiger partial charge in [-0.1, -0.05) is 52.7 Å². The van der Waals surface area contributed by atoms with Gasteiger partial charge in [-0.3, -0.25) is 10.1 Å². The lowest BCUT2D eigenvalue weighted by Crippen LogP contribution is -2.10. The zero-order valence-corrected chi connectivity index (χ0v) is 15.5. The summed E-state index contributed by atoms with van der Waals surface area (Å²) in [7, 11) is 0. The maximum Gasteiger partial charge on any atom is 0.269 e. The van der Waals surface area contributed by atoms with E-state index in [0.29, 0.717) is 20.1 Å². The number of hydrogen-bond acceptors (Lipinski definition) is 4. The molecule has 1 amide bonds. The minimum absolute atomic E-state index is 0.247. The van der Waals surface area contributed by atoms with Crippen LogP contribution in [0.2, 0.25) is 10.0 Å². The predicted molar refractivity (Wildman–Crippen MR) is 104 cm³/mol. The molecule has 0 unspecified atom stereocenters. The Morgan fingerprint density at radius 2 is 1.92 bits per heavy atom. The molecule has 0 radical (unpaired) electrons. The predicted octanol–water partition coefficient (Wildman–Crippen LogP) is 6.38. The Kier molecular flexibility index (Phi) is 3.96. The number of nitrogens with zero attached hydrogens (tertiary/aromatic N) is 1. The number of rotatable bonds is 2. The van der Waals surface area contributed by atoms with Gasteiger partial charge in [-0.2, -0.15) is 0 Å². The van der Waals surface area contributed by atoms with Crippen molar-refractivity contribution < 1.29 is 4.79 Å². The first-order valence-corrected chi connectivity index (χ1v) is 9.47. The van der Waals surface area contributed by atoms with Crippen molar-refractivity contribution in [3.63, 3.8) is 0 Å². The molecule has 2 aromatic heterocycles. The number of thiazole rings is 1. The first-order chi connectivity index (χ1) is 11.5. The number of carbonyl (C=O) groups excluding carboxylic acids is 1. The average Bonchev–Trinajstić information content (AvgIpc) is 3.09. The number of benzene rings is 2. The number of aryl methyl sites for hydroxylation is 1. The Bertz CT molecular complexity index is 1060. The van der Waals surface area contributed by atoms with E-state index in [4.69, 9.17) is 23.2 Å². The Morgan fingerprint density at radius 3 is 2.71 bits per heavy atom. The van der Waals surface area contributed by atoms with E-state index in [1.54, 1.807) is 0 Å². The Hall–Kier alpha value is -1.66. The summed E-state index contributed by atoms with van der Waals surface area (Å²) in [5, 5.41) is 5.41. The molecule has 0 aliphatic carbocycles. The molecule has 1 N–H and O–H groups in total. The van der Waals surface area contributed by atoms with Crippen LogP contribution < -0.4 is 5.32 Å². The van der Waals surface area contributed by atoms with Gasteiger partial charge in [0.05, 0.1) is 15.2 Å². The molecule has 0 saturated heterocycles. The molecule has 0 fully saturated rings. The summed E-state index contributed by atoms with van der Waals surface area (Å²) in [6.45, 7) is 1.94. The minimum atomic E-state index is -0.247. The second kappa shape index (κ2) is 6.01. The van der Waals surface area contributed by atoms with E-state index >= 15 is 0 Å². The molecule has 0 bridgehead atoms. The largest absolute Gasteiger partial charge is 0.297 e. The molecule has 0 atom stereocenters. The summed E-state index contributed by atoms with van der Waals surface area (Å²) in [6.07, 6.45) is 0. The van der Waals surface area contributed by atoms with Crippen molar-refractivity contribution in [3.8, 4) is 0 Å². The fraction of sp³-hybridized carbons (Fsp3) is 0.0588. The van der Waals surface area contributed by atoms with Crippen molar-refractivity contribution in [1.82, 2.24) is 4.98 Å². The third-order valence-corrected chi connectivity index (χ3v) is 6.65. The van der Waals surface area contributed by atoms with Crippen molar-refractivity contribution in [2.75, 3.05) is 5.32 Å². The maximum atomic E-state index is 12.6. The third kappa shape index (κ3) is 2.67. The van der Waals surface area contributed by atoms with Gasteiger partial charge < -0.3 is 0 Å². The summed E-state index contributed by atoms with van der Waals surface area (Å²) in [4.78, 5) is 17.5. The monoisotopic (exact) mass is 392 g/mol. The zero-order chi connectivity index (χ0) is 16.8. The van der Waals surface area contributed by atoms with Crippen molar-refractivity contribution in [1.29, 1.82) is 0 Å². The lowest BCUT2D eigenvalue weighted by molar-refractivity contribution is 0.103. The number of carbonyl (C=O) groups is 1. The second-order valence-corrected chi connectivity index (χ2v) is 8.15. The fourth-order valence-corrected chi connectivity index (χ4v) is 4.93. The maximum absolute atomic E-state index is 12.6. The van der Waals surface area contributed by atoms with E-state index in [9.17, 15) is 4.79 Å². The minimum Gasteiger partial charge on any atom is -0.297 e. The van der Waals surface area contributed by atoms with E-state index in [1.165, 1.54) is 22.7 Å². The van der Waals surface area contributed by atoms with Crippen LogP contribution in [0.15, 0.2) is 36.4 Å². The van der Waals surface area contributed by atoms with Crippen LogP contribution in [0, 0.1) is 6.92 Å². The van der Waals surface area contributed by atoms with Crippen LogP contribution >= 0.6 is 45.9 Å². The smallest absolute Gasteiger partial charge is 0.269 e. The van der Waals surface area contributed by atoms with Crippen LogP contribution in [-0.4, -0.2) is 10.9 Å². The molecule has 4 rings (SSSR count). The first-order valence-electron chi connectivity index (χ1n) is 7.08. The highest BCUT2D eigenvalue weighted by Crippen LogP contribution is 2.36. The van der Waals surface area contributed by atoms with Gasteiger partial charge in [-0.25, -0.2) is 4.98 Å². The Morgan fingerprint density at radius 1 is 1.12 bits per heavy atom. The van der Waals surface area contributed by atoms with Gasteiger partial charge in [0.25, 0.3) is 5.91 Å². The second-order valence-electron chi connectivity index (χ2n) is 5.28. The van der Waals surface area contributed by atoms with Gasteiger partial charge in [0.2, 0.25) is 0 Å². The van der Waals surface area contributed by atoms with Crippen LogP contribution in [-0.2, 0) is 0 Å². The van der Waals surface area contributed by atoms with E-state index in [0.717, 1.165) is 25.9 Å². The number of amides is 1. The number of halogens is 2. The van der Waals surface area contributed by atoms with Crippen molar-refractivity contribution >= 4 is 77.2 Å². The molecular weight excluding hydrogens is 383 g/mol. The van der Waals surface area contributed by atoms with E-state index in [-0.39, 0.29) is 5.91 Å². The average molecular weight is 393 g/mol. The summed E-state index contributed by atoms with van der Waals surface area (Å²) in [5.41, 5.74) is 1.76. The van der Waals surface area contributed by atoms with Crippen LogP contribution in [0.1, 0.15) is 15.2 Å². The van der Waals surface area contributed by atoms with Crippen LogP contribution in [0.3, 0.4) is 0 Å². The van der Waals surface area contributed by atoms with E-state index < -0.39 is 0 Å². The van der Waals surface area contributed by atoms with E-state index in [2.05, 4.69) is 10.3 Å². The van der Waals surface area contributed by atoms with Crippen molar-refractivity contribution in [3.05, 3.63) is 56.9 Å². The number of thiophene rings is 1. The lowest BCUT2D eigenvalue weighted by Gasteiger charge is -1.98. The molecule has 2 aromatic carbocycles. The van der Waals surface area contributed by atoms with Gasteiger partial charge in [0, 0.05) is 15.1 Å². The SMILES string of the molecule is Cc1cc2sc(NC(=O)c3sc4ccccc4c3Cl)nc2cc1Cl. The molecule has 4 aromatic rings. The van der Waals surface area contributed by atoms with Crippen molar-refractivity contribution in [2.24, 2.45) is 0 Å². The van der Waals surface area contributed by atoms with Gasteiger partial charge in [0.1, 0.15) is 4.88 Å². The standard InChI is InChI=1S/C17H10Cl2N2OS2/c1-8-6-13-11(7-10(8)18)20-17(24-13)21-16(22)15-14(19)9-4-2-3-5-12(9)23-15/h2-7H,1H3,(H,20,21,22). The highest BCUT2D eigenvalue weighted by molar-refractivity contribution is 7.23. The molecule has 0 saturated carbocycles. The van der Waals surface area contributed by atoms with Crippen LogP contribution in [0.5, 0.6) is 0 Å².